The van der Waals surface area contributed by atoms with Crippen molar-refractivity contribution < 1.29 is 14.7 Å². The number of aliphatic hydroxyl groups is 1. The van der Waals surface area contributed by atoms with Crippen molar-refractivity contribution in [3.05, 3.63) is 59.4 Å². The SMILES string of the molecule is O=C(c1ccc2c(c1)CNCCCCCCCN2C(=O)c1cccnc1)N1CCC(CO)CC1. The van der Waals surface area contributed by atoms with Gasteiger partial charge in [-0.2, -0.15) is 0 Å². The summed E-state index contributed by atoms with van der Waals surface area (Å²) in [5.41, 5.74) is 3.05. The third-order valence-corrected chi connectivity index (χ3v) is 6.98. The van der Waals surface area contributed by atoms with Gasteiger partial charge in [0, 0.05) is 56.4 Å². The third kappa shape index (κ3) is 6.02. The maximum atomic E-state index is 13.5. The summed E-state index contributed by atoms with van der Waals surface area (Å²) in [5.74, 6) is 0.254. The molecule has 0 radical (unpaired) electrons. The molecular weight excluding hydrogens is 428 g/mol. The summed E-state index contributed by atoms with van der Waals surface area (Å²) in [6.07, 6.45) is 10.5. The van der Waals surface area contributed by atoms with E-state index in [2.05, 4.69) is 10.3 Å². The van der Waals surface area contributed by atoms with E-state index in [-0.39, 0.29) is 24.3 Å². The number of aliphatic hydroxyl groups excluding tert-OH is 1. The van der Waals surface area contributed by atoms with Gasteiger partial charge >= 0.3 is 0 Å². The quantitative estimate of drug-likeness (QED) is 0.725. The summed E-state index contributed by atoms with van der Waals surface area (Å²) in [7, 11) is 0. The second kappa shape index (κ2) is 12.1. The monoisotopic (exact) mass is 464 g/mol. The minimum Gasteiger partial charge on any atom is -0.396 e. The Morgan fingerprint density at radius 2 is 1.76 bits per heavy atom. The van der Waals surface area contributed by atoms with Gasteiger partial charge in [0.2, 0.25) is 0 Å². The van der Waals surface area contributed by atoms with E-state index in [1.54, 1.807) is 24.5 Å². The number of nitrogens with one attached hydrogen (secondary N) is 1. The number of nitrogens with zero attached hydrogens (tertiary/aromatic N) is 3. The molecule has 34 heavy (non-hydrogen) atoms. The van der Waals surface area contributed by atoms with Crippen LogP contribution in [0.25, 0.3) is 0 Å². The van der Waals surface area contributed by atoms with E-state index in [1.807, 2.05) is 28.0 Å². The van der Waals surface area contributed by atoms with Crippen LogP contribution in [0.1, 0.15) is 71.2 Å². The number of amides is 2. The summed E-state index contributed by atoms with van der Waals surface area (Å²) in [4.78, 5) is 34.6. The van der Waals surface area contributed by atoms with Crippen molar-refractivity contribution in [3.63, 3.8) is 0 Å². The normalized spacial score (nSPS) is 18.5. The third-order valence-electron chi connectivity index (χ3n) is 6.98. The van der Waals surface area contributed by atoms with Crippen LogP contribution in [0.5, 0.6) is 0 Å². The minimum atomic E-state index is -0.0587. The maximum Gasteiger partial charge on any atom is 0.259 e. The highest BCUT2D eigenvalue weighted by Gasteiger charge is 2.25. The largest absolute Gasteiger partial charge is 0.396 e. The highest BCUT2D eigenvalue weighted by Crippen LogP contribution is 2.27. The van der Waals surface area contributed by atoms with Crippen LogP contribution in [0.2, 0.25) is 0 Å². The lowest BCUT2D eigenvalue weighted by molar-refractivity contribution is 0.0650. The Labute approximate surface area is 202 Å². The maximum absolute atomic E-state index is 13.5. The van der Waals surface area contributed by atoms with E-state index in [1.165, 1.54) is 12.8 Å². The van der Waals surface area contributed by atoms with Gasteiger partial charge in [0.25, 0.3) is 11.8 Å². The predicted octanol–water partition coefficient (Wildman–Crippen LogP) is 3.63. The molecule has 0 spiro atoms. The second-order valence-corrected chi connectivity index (χ2v) is 9.40. The molecule has 7 heteroatoms. The molecule has 4 rings (SSSR count). The van der Waals surface area contributed by atoms with Gasteiger partial charge in [-0.05, 0) is 74.0 Å². The van der Waals surface area contributed by atoms with Crippen molar-refractivity contribution in [2.24, 2.45) is 5.92 Å². The first-order valence-electron chi connectivity index (χ1n) is 12.6. The van der Waals surface area contributed by atoms with E-state index < -0.39 is 0 Å². The molecule has 1 saturated heterocycles. The van der Waals surface area contributed by atoms with Gasteiger partial charge in [-0.15, -0.1) is 0 Å². The van der Waals surface area contributed by atoms with E-state index in [0.29, 0.717) is 37.3 Å². The van der Waals surface area contributed by atoms with Crippen LogP contribution in [0.4, 0.5) is 5.69 Å². The summed E-state index contributed by atoms with van der Waals surface area (Å²) in [5, 5.41) is 12.9. The summed E-state index contributed by atoms with van der Waals surface area (Å²) < 4.78 is 0. The molecule has 2 aliphatic heterocycles. The number of benzene rings is 1. The molecule has 0 saturated carbocycles. The zero-order valence-electron chi connectivity index (χ0n) is 19.9. The lowest BCUT2D eigenvalue weighted by Crippen LogP contribution is -2.39. The van der Waals surface area contributed by atoms with Gasteiger partial charge in [0.15, 0.2) is 0 Å². The van der Waals surface area contributed by atoms with Gasteiger partial charge in [-0.3, -0.25) is 14.6 Å². The van der Waals surface area contributed by atoms with Crippen LogP contribution in [0.15, 0.2) is 42.7 Å². The van der Waals surface area contributed by atoms with E-state index >= 15 is 0 Å². The van der Waals surface area contributed by atoms with Crippen molar-refractivity contribution in [2.75, 3.05) is 37.7 Å². The number of carbonyl (C=O) groups excluding carboxylic acids is 2. The average molecular weight is 465 g/mol. The number of aromatic nitrogens is 1. The van der Waals surface area contributed by atoms with E-state index in [0.717, 1.165) is 49.9 Å². The Balaban J connectivity index is 1.62. The van der Waals surface area contributed by atoms with Gasteiger partial charge < -0.3 is 20.2 Å². The summed E-state index contributed by atoms with van der Waals surface area (Å²) >= 11 is 0. The molecule has 0 unspecified atom stereocenters. The second-order valence-electron chi connectivity index (χ2n) is 9.40. The number of hydrogen-bond acceptors (Lipinski definition) is 5. The highest BCUT2D eigenvalue weighted by molar-refractivity contribution is 6.06. The van der Waals surface area contributed by atoms with Crippen molar-refractivity contribution in [1.82, 2.24) is 15.2 Å². The van der Waals surface area contributed by atoms with Crippen LogP contribution in [0, 0.1) is 5.92 Å². The number of piperidine rings is 1. The number of rotatable bonds is 3. The molecule has 1 fully saturated rings. The predicted molar refractivity (Wildman–Crippen MR) is 133 cm³/mol. The summed E-state index contributed by atoms with van der Waals surface area (Å²) in [6.45, 7) is 3.70. The molecule has 1 aromatic carbocycles. The Bertz CT molecular complexity index is 958. The number of carbonyl (C=O) groups is 2. The van der Waals surface area contributed by atoms with Crippen molar-refractivity contribution >= 4 is 17.5 Å². The first kappa shape index (κ1) is 24.4. The molecule has 3 heterocycles. The molecule has 7 nitrogen and oxygen atoms in total. The fourth-order valence-electron chi connectivity index (χ4n) is 4.87. The number of pyridine rings is 1. The lowest BCUT2D eigenvalue weighted by Gasteiger charge is -2.31. The Hall–Kier alpha value is -2.77. The molecule has 0 bridgehead atoms. The smallest absolute Gasteiger partial charge is 0.259 e. The summed E-state index contributed by atoms with van der Waals surface area (Å²) in [6, 6.07) is 9.34. The molecule has 2 amide bonds. The van der Waals surface area contributed by atoms with Crippen LogP contribution < -0.4 is 10.2 Å². The van der Waals surface area contributed by atoms with Gasteiger partial charge in [-0.1, -0.05) is 19.3 Å². The van der Waals surface area contributed by atoms with E-state index in [4.69, 9.17) is 0 Å². The standard InChI is InChI=1S/C27H36N4O3/c32-20-21-10-15-30(16-11-21)26(33)22-8-9-25-24(17-22)19-28-12-4-2-1-3-5-14-31(25)27(34)23-7-6-13-29-18-23/h6-9,13,17-18,21,28,32H,1-5,10-12,14-16,19-20H2. The highest BCUT2D eigenvalue weighted by atomic mass is 16.3. The molecular formula is C27H36N4O3. The first-order valence-corrected chi connectivity index (χ1v) is 12.6. The Morgan fingerprint density at radius 1 is 0.971 bits per heavy atom. The molecule has 2 aliphatic rings. The topological polar surface area (TPSA) is 85.8 Å². The van der Waals surface area contributed by atoms with Crippen LogP contribution in [-0.2, 0) is 6.54 Å². The Morgan fingerprint density at radius 3 is 2.53 bits per heavy atom. The van der Waals surface area contributed by atoms with Crippen molar-refractivity contribution in [1.29, 1.82) is 0 Å². The Kier molecular flexibility index (Phi) is 8.66. The van der Waals surface area contributed by atoms with Crippen molar-refractivity contribution in [3.8, 4) is 0 Å². The van der Waals surface area contributed by atoms with Gasteiger partial charge in [0.1, 0.15) is 0 Å². The fourth-order valence-corrected chi connectivity index (χ4v) is 4.87. The van der Waals surface area contributed by atoms with Crippen LogP contribution >= 0.6 is 0 Å². The van der Waals surface area contributed by atoms with Gasteiger partial charge in [0.05, 0.1) is 5.56 Å². The first-order chi connectivity index (χ1) is 16.7. The van der Waals surface area contributed by atoms with Crippen LogP contribution in [0.3, 0.4) is 0 Å². The zero-order chi connectivity index (χ0) is 23.8. The number of anilines is 1. The fraction of sp³-hybridized carbons (Fsp3) is 0.519. The molecule has 182 valence electrons. The molecule has 2 aromatic rings. The molecule has 0 aliphatic carbocycles. The minimum absolute atomic E-state index is 0.0236. The number of likely N-dealkylation sites (tertiary alicyclic amines) is 1. The van der Waals surface area contributed by atoms with Crippen molar-refractivity contribution in [2.45, 2.75) is 51.5 Å². The zero-order valence-corrected chi connectivity index (χ0v) is 19.9. The molecule has 1 aromatic heterocycles. The number of fused-ring (bicyclic) bond motifs is 1. The van der Waals surface area contributed by atoms with Crippen LogP contribution in [-0.4, -0.2) is 59.6 Å². The lowest BCUT2D eigenvalue weighted by atomic mass is 9.97. The van der Waals surface area contributed by atoms with E-state index in [9.17, 15) is 14.7 Å². The van der Waals surface area contributed by atoms with Gasteiger partial charge in [-0.25, -0.2) is 0 Å². The molecule has 0 atom stereocenters. The average Bonchev–Trinajstić information content (AvgIpc) is 2.89. The molecule has 2 N–H and O–H groups in total. The number of hydrogen-bond donors (Lipinski definition) is 2.